The van der Waals surface area contributed by atoms with E-state index < -0.39 is 35.0 Å². The Kier molecular flexibility index (Phi) is 3.97. The molecule has 0 saturated carbocycles. The summed E-state index contributed by atoms with van der Waals surface area (Å²) in [6.07, 6.45) is -4.49. The van der Waals surface area contributed by atoms with Crippen molar-refractivity contribution in [1.82, 2.24) is 5.16 Å². The first-order valence-electron chi connectivity index (χ1n) is 5.84. The maximum Gasteiger partial charge on any atom is 0.416 e. The van der Waals surface area contributed by atoms with Crippen LogP contribution in [0.2, 0.25) is 0 Å². The average Bonchev–Trinajstić information content (AvgIpc) is 2.80. The van der Waals surface area contributed by atoms with Crippen molar-refractivity contribution in [2.45, 2.75) is 13.1 Å². The number of esters is 1. The normalized spacial score (nSPS) is 11.5. The molecule has 0 atom stereocenters. The molecule has 0 amide bonds. The van der Waals surface area contributed by atoms with Gasteiger partial charge in [0, 0.05) is 5.56 Å². The van der Waals surface area contributed by atoms with Crippen LogP contribution in [0.25, 0.3) is 11.3 Å². The Morgan fingerprint density at radius 3 is 2.43 bits per heavy atom. The second-order valence-electron chi connectivity index (χ2n) is 3.97. The third kappa shape index (κ3) is 3.04. The molecule has 2 rings (SSSR count). The Morgan fingerprint density at radius 1 is 1.29 bits per heavy atom. The van der Waals surface area contributed by atoms with E-state index in [0.29, 0.717) is 0 Å². The smallest absolute Gasteiger partial charge is 0.416 e. The summed E-state index contributed by atoms with van der Waals surface area (Å²) in [4.78, 5) is 11.4. The largest absolute Gasteiger partial charge is 0.461 e. The lowest BCUT2D eigenvalue weighted by atomic mass is 10.1. The minimum absolute atomic E-state index is 0.0285. The van der Waals surface area contributed by atoms with Crippen molar-refractivity contribution >= 4 is 5.97 Å². The molecule has 0 bridgehead atoms. The molecule has 0 unspecified atom stereocenters. The van der Waals surface area contributed by atoms with Gasteiger partial charge >= 0.3 is 12.1 Å². The summed E-state index contributed by atoms with van der Waals surface area (Å²) in [7, 11) is 0. The Bertz CT molecular complexity index is 646. The first-order valence-corrected chi connectivity index (χ1v) is 5.84. The second-order valence-corrected chi connectivity index (χ2v) is 3.97. The van der Waals surface area contributed by atoms with E-state index in [4.69, 9.17) is 0 Å². The standard InChI is InChI=1S/C13H9F4NO3/c1-2-20-12(19)10-9(14)11(21-18-10)7-3-5-8(6-4-7)13(15,16)17/h3-6H,2H2,1H3. The van der Waals surface area contributed by atoms with Crippen LogP contribution < -0.4 is 0 Å². The van der Waals surface area contributed by atoms with Gasteiger partial charge in [-0.3, -0.25) is 0 Å². The summed E-state index contributed by atoms with van der Waals surface area (Å²) in [5.74, 6) is -2.50. The summed E-state index contributed by atoms with van der Waals surface area (Å²) in [5, 5.41) is 3.24. The van der Waals surface area contributed by atoms with E-state index in [0.717, 1.165) is 24.3 Å². The lowest BCUT2D eigenvalue weighted by Crippen LogP contribution is -2.07. The highest BCUT2D eigenvalue weighted by atomic mass is 19.4. The lowest BCUT2D eigenvalue weighted by Gasteiger charge is -2.06. The van der Waals surface area contributed by atoms with Crippen LogP contribution in [0, 0.1) is 5.82 Å². The monoisotopic (exact) mass is 303 g/mol. The van der Waals surface area contributed by atoms with Gasteiger partial charge in [0.25, 0.3) is 0 Å². The van der Waals surface area contributed by atoms with Crippen LogP contribution in [0.4, 0.5) is 17.6 Å². The van der Waals surface area contributed by atoms with Crippen molar-refractivity contribution in [3.63, 3.8) is 0 Å². The summed E-state index contributed by atoms with van der Waals surface area (Å²) >= 11 is 0. The second kappa shape index (κ2) is 5.55. The highest BCUT2D eigenvalue weighted by molar-refractivity contribution is 5.88. The van der Waals surface area contributed by atoms with Crippen molar-refractivity contribution in [2.75, 3.05) is 6.61 Å². The molecular weight excluding hydrogens is 294 g/mol. The Morgan fingerprint density at radius 2 is 1.90 bits per heavy atom. The van der Waals surface area contributed by atoms with E-state index in [1.54, 1.807) is 0 Å². The number of hydrogen-bond donors (Lipinski definition) is 0. The molecule has 0 fully saturated rings. The van der Waals surface area contributed by atoms with Crippen LogP contribution in [0.3, 0.4) is 0 Å². The SMILES string of the molecule is CCOC(=O)c1noc(-c2ccc(C(F)(F)F)cc2)c1F. The highest BCUT2D eigenvalue weighted by Crippen LogP contribution is 2.32. The van der Waals surface area contributed by atoms with Crippen molar-refractivity contribution in [3.8, 4) is 11.3 Å². The molecule has 1 heterocycles. The van der Waals surface area contributed by atoms with Crippen molar-refractivity contribution in [3.05, 3.63) is 41.3 Å². The molecule has 21 heavy (non-hydrogen) atoms. The van der Waals surface area contributed by atoms with E-state index >= 15 is 0 Å². The molecule has 2 aromatic rings. The molecule has 0 N–H and O–H groups in total. The van der Waals surface area contributed by atoms with Crippen LogP contribution in [-0.2, 0) is 10.9 Å². The number of hydrogen-bond acceptors (Lipinski definition) is 4. The number of nitrogens with zero attached hydrogens (tertiary/aromatic N) is 1. The Hall–Kier alpha value is -2.38. The molecule has 1 aromatic heterocycles. The number of halogens is 4. The number of aromatic nitrogens is 1. The number of rotatable bonds is 3. The molecule has 0 spiro atoms. The molecule has 4 nitrogen and oxygen atoms in total. The molecule has 0 saturated heterocycles. The van der Waals surface area contributed by atoms with Gasteiger partial charge in [-0.15, -0.1) is 0 Å². The minimum Gasteiger partial charge on any atom is -0.461 e. The Balaban J connectivity index is 2.33. The van der Waals surface area contributed by atoms with Gasteiger partial charge in [0.15, 0.2) is 0 Å². The number of alkyl halides is 3. The van der Waals surface area contributed by atoms with Gasteiger partial charge in [-0.05, 0) is 19.1 Å². The predicted molar refractivity (Wildman–Crippen MR) is 62.9 cm³/mol. The van der Waals surface area contributed by atoms with Gasteiger partial charge in [0.05, 0.1) is 12.2 Å². The number of ether oxygens (including phenoxy) is 1. The third-order valence-electron chi connectivity index (χ3n) is 2.58. The highest BCUT2D eigenvalue weighted by Gasteiger charge is 2.31. The van der Waals surface area contributed by atoms with Gasteiger partial charge in [-0.2, -0.15) is 17.6 Å². The quantitative estimate of drug-likeness (QED) is 0.641. The zero-order valence-electron chi connectivity index (χ0n) is 10.7. The molecule has 0 aliphatic heterocycles. The van der Waals surface area contributed by atoms with E-state index in [2.05, 4.69) is 14.4 Å². The van der Waals surface area contributed by atoms with E-state index in [1.165, 1.54) is 6.92 Å². The molecule has 1 aromatic carbocycles. The van der Waals surface area contributed by atoms with Gasteiger partial charge in [-0.25, -0.2) is 4.79 Å². The molecule has 8 heteroatoms. The summed E-state index contributed by atoms with van der Waals surface area (Å²) in [6.45, 7) is 1.56. The van der Waals surface area contributed by atoms with E-state index in [1.807, 2.05) is 0 Å². The first-order chi connectivity index (χ1) is 9.84. The number of benzene rings is 1. The Labute approximate surface area is 116 Å². The zero-order chi connectivity index (χ0) is 15.6. The third-order valence-corrected chi connectivity index (χ3v) is 2.58. The number of carbonyl (C=O) groups is 1. The fourth-order valence-corrected chi connectivity index (χ4v) is 1.60. The topological polar surface area (TPSA) is 52.3 Å². The molecule has 0 aliphatic carbocycles. The molecule has 112 valence electrons. The van der Waals surface area contributed by atoms with Crippen LogP contribution in [-0.4, -0.2) is 17.7 Å². The fraction of sp³-hybridized carbons (Fsp3) is 0.231. The molecule has 0 aliphatic rings. The lowest BCUT2D eigenvalue weighted by molar-refractivity contribution is -0.137. The summed E-state index contributed by atoms with van der Waals surface area (Å²) < 4.78 is 60.5. The van der Waals surface area contributed by atoms with Gasteiger partial charge < -0.3 is 9.26 Å². The van der Waals surface area contributed by atoms with Gasteiger partial charge in [0.1, 0.15) is 0 Å². The van der Waals surface area contributed by atoms with Crippen molar-refractivity contribution in [1.29, 1.82) is 0 Å². The van der Waals surface area contributed by atoms with Crippen LogP contribution in [0.1, 0.15) is 23.0 Å². The summed E-state index contributed by atoms with van der Waals surface area (Å²) in [5.41, 5.74) is -1.49. The summed E-state index contributed by atoms with van der Waals surface area (Å²) in [6, 6.07) is 3.62. The van der Waals surface area contributed by atoms with Crippen molar-refractivity contribution < 1.29 is 31.6 Å². The minimum atomic E-state index is -4.49. The van der Waals surface area contributed by atoms with Crippen LogP contribution in [0.15, 0.2) is 28.8 Å². The maximum atomic E-state index is 13.9. The van der Waals surface area contributed by atoms with Crippen LogP contribution >= 0.6 is 0 Å². The predicted octanol–water partition coefficient (Wildman–Crippen LogP) is 3.68. The number of carbonyl (C=O) groups excluding carboxylic acids is 1. The first kappa shape index (κ1) is 15.0. The van der Waals surface area contributed by atoms with E-state index in [9.17, 15) is 22.4 Å². The fourth-order valence-electron chi connectivity index (χ4n) is 1.60. The van der Waals surface area contributed by atoms with Crippen molar-refractivity contribution in [2.24, 2.45) is 0 Å². The van der Waals surface area contributed by atoms with Gasteiger partial charge in [-0.1, -0.05) is 17.3 Å². The maximum absolute atomic E-state index is 13.9. The van der Waals surface area contributed by atoms with Gasteiger partial charge in [0.2, 0.25) is 17.3 Å². The van der Waals surface area contributed by atoms with E-state index in [-0.39, 0.29) is 12.2 Å². The van der Waals surface area contributed by atoms with Crippen LogP contribution in [0.5, 0.6) is 0 Å². The average molecular weight is 303 g/mol. The molecular formula is C13H9F4NO3. The molecule has 0 radical (unpaired) electrons. The zero-order valence-corrected chi connectivity index (χ0v) is 10.7.